The molecule has 2 rings (SSSR count). The molecule has 5 heteroatoms. The van der Waals surface area contributed by atoms with E-state index in [0.717, 1.165) is 25.3 Å². The average molecular weight is 388 g/mol. The molecule has 1 heterocycles. The Bertz CT molecular complexity index is 512. The first-order chi connectivity index (χ1) is 12.1. The molecular formula is C20H31Cl2NO2. The van der Waals surface area contributed by atoms with Gasteiger partial charge in [0.05, 0.1) is 22.8 Å². The Morgan fingerprint density at radius 3 is 2.72 bits per heavy atom. The lowest BCUT2D eigenvalue weighted by Gasteiger charge is -2.38. The number of likely N-dealkylation sites (tertiary alicyclic amines) is 1. The van der Waals surface area contributed by atoms with E-state index < -0.39 is 0 Å². The van der Waals surface area contributed by atoms with Crippen molar-refractivity contribution in [3.63, 3.8) is 0 Å². The van der Waals surface area contributed by atoms with Crippen molar-refractivity contribution in [2.45, 2.75) is 52.1 Å². The summed E-state index contributed by atoms with van der Waals surface area (Å²) in [5, 5.41) is 1.09. The number of halogens is 2. The van der Waals surface area contributed by atoms with E-state index in [1.54, 1.807) is 12.1 Å². The highest BCUT2D eigenvalue weighted by Gasteiger charge is 2.29. The van der Waals surface area contributed by atoms with Gasteiger partial charge in [-0.1, -0.05) is 43.0 Å². The van der Waals surface area contributed by atoms with E-state index in [9.17, 15) is 0 Å². The Morgan fingerprint density at radius 1 is 1.16 bits per heavy atom. The Hall–Kier alpha value is -0.480. The van der Waals surface area contributed by atoms with E-state index >= 15 is 0 Å². The van der Waals surface area contributed by atoms with Gasteiger partial charge >= 0.3 is 0 Å². The standard InChI is InChI=1S/C20H31Cl2NO2/c1-3-5-6-11-23-12-9-16(20(15-23)24-4-2)10-13-25-17-7-8-18(21)19(22)14-17/h7-8,14,16,20H,3-6,9-13,15H2,1-2H3/t16-,20-/m1/s1. The first-order valence-electron chi connectivity index (χ1n) is 9.55. The van der Waals surface area contributed by atoms with Gasteiger partial charge in [-0.25, -0.2) is 0 Å². The monoisotopic (exact) mass is 387 g/mol. The first-order valence-corrected chi connectivity index (χ1v) is 10.3. The molecule has 3 nitrogen and oxygen atoms in total. The minimum Gasteiger partial charge on any atom is -0.494 e. The highest BCUT2D eigenvalue weighted by molar-refractivity contribution is 6.42. The molecule has 1 aliphatic heterocycles. The van der Waals surface area contributed by atoms with E-state index in [1.165, 1.54) is 38.8 Å². The Labute approximate surface area is 162 Å². The zero-order valence-corrected chi connectivity index (χ0v) is 17.0. The SMILES string of the molecule is CCCCCN1CC[C@H](CCOc2ccc(Cl)c(Cl)c2)[C@H](OCC)C1. The molecule has 0 radical (unpaired) electrons. The third-order valence-electron chi connectivity index (χ3n) is 4.89. The van der Waals surface area contributed by atoms with Gasteiger partial charge in [-0.3, -0.25) is 0 Å². The van der Waals surface area contributed by atoms with Gasteiger partial charge in [-0.05, 0) is 57.3 Å². The Kier molecular flexibility index (Phi) is 9.40. The molecule has 1 saturated heterocycles. The summed E-state index contributed by atoms with van der Waals surface area (Å²) in [6.45, 7) is 9.21. The number of ether oxygens (including phenoxy) is 2. The highest BCUT2D eigenvalue weighted by Crippen LogP contribution is 2.28. The van der Waals surface area contributed by atoms with E-state index in [2.05, 4.69) is 18.7 Å². The summed E-state index contributed by atoms with van der Waals surface area (Å²) in [4.78, 5) is 2.56. The third kappa shape index (κ3) is 6.97. The molecule has 1 aromatic carbocycles. The summed E-state index contributed by atoms with van der Waals surface area (Å²) in [6.07, 6.45) is 6.39. The number of hydrogen-bond donors (Lipinski definition) is 0. The number of hydrogen-bond acceptors (Lipinski definition) is 3. The van der Waals surface area contributed by atoms with Crippen molar-refractivity contribution in [1.29, 1.82) is 0 Å². The lowest BCUT2D eigenvalue weighted by Crippen LogP contribution is -2.45. The van der Waals surface area contributed by atoms with E-state index in [-0.39, 0.29) is 0 Å². The topological polar surface area (TPSA) is 21.7 Å². The zero-order chi connectivity index (χ0) is 18.1. The molecule has 1 aliphatic rings. The summed E-state index contributed by atoms with van der Waals surface area (Å²) < 4.78 is 11.9. The largest absolute Gasteiger partial charge is 0.494 e. The molecule has 2 atom stereocenters. The van der Waals surface area contributed by atoms with Crippen molar-refractivity contribution in [1.82, 2.24) is 4.90 Å². The van der Waals surface area contributed by atoms with Crippen molar-refractivity contribution < 1.29 is 9.47 Å². The lowest BCUT2D eigenvalue weighted by atomic mass is 9.90. The summed E-state index contributed by atoms with van der Waals surface area (Å²) in [7, 11) is 0. The van der Waals surface area contributed by atoms with Crippen molar-refractivity contribution >= 4 is 23.2 Å². The second-order valence-electron chi connectivity index (χ2n) is 6.76. The van der Waals surface area contributed by atoms with Crippen LogP contribution in [0, 0.1) is 5.92 Å². The minimum atomic E-state index is 0.317. The maximum atomic E-state index is 6.04. The molecule has 0 spiro atoms. The van der Waals surface area contributed by atoms with Crippen LogP contribution in [0.4, 0.5) is 0 Å². The van der Waals surface area contributed by atoms with Crippen LogP contribution in [-0.4, -0.2) is 43.9 Å². The maximum Gasteiger partial charge on any atom is 0.120 e. The molecule has 0 N–H and O–H groups in total. The smallest absolute Gasteiger partial charge is 0.120 e. The number of piperidine rings is 1. The van der Waals surface area contributed by atoms with Crippen LogP contribution in [0.1, 0.15) is 46.0 Å². The third-order valence-corrected chi connectivity index (χ3v) is 5.63. The van der Waals surface area contributed by atoms with Crippen LogP contribution in [0.25, 0.3) is 0 Å². The fourth-order valence-electron chi connectivity index (χ4n) is 3.45. The molecule has 25 heavy (non-hydrogen) atoms. The average Bonchev–Trinajstić information content (AvgIpc) is 2.60. The molecule has 0 amide bonds. The van der Waals surface area contributed by atoms with Crippen molar-refractivity contribution in [2.24, 2.45) is 5.92 Å². The van der Waals surface area contributed by atoms with Crippen LogP contribution < -0.4 is 4.74 Å². The van der Waals surface area contributed by atoms with Crippen LogP contribution in [0.3, 0.4) is 0 Å². The fraction of sp³-hybridized carbons (Fsp3) is 0.700. The number of nitrogens with zero attached hydrogens (tertiary/aromatic N) is 1. The van der Waals surface area contributed by atoms with Crippen LogP contribution in [0.15, 0.2) is 18.2 Å². The number of benzene rings is 1. The summed E-state index contributed by atoms with van der Waals surface area (Å²) >= 11 is 12.0. The molecule has 0 aliphatic carbocycles. The molecule has 0 saturated carbocycles. The molecular weight excluding hydrogens is 357 g/mol. The maximum absolute atomic E-state index is 6.04. The predicted molar refractivity (Wildman–Crippen MR) is 106 cm³/mol. The normalized spacial score (nSPS) is 21.4. The quantitative estimate of drug-likeness (QED) is 0.482. The number of rotatable bonds is 10. The second kappa shape index (κ2) is 11.3. The molecule has 0 aromatic heterocycles. The van der Waals surface area contributed by atoms with Crippen LogP contribution in [0.2, 0.25) is 10.0 Å². The van der Waals surface area contributed by atoms with Crippen LogP contribution in [0.5, 0.6) is 5.75 Å². The predicted octanol–water partition coefficient (Wildman–Crippen LogP) is 5.68. The van der Waals surface area contributed by atoms with Gasteiger partial charge in [0, 0.05) is 19.2 Å². The van der Waals surface area contributed by atoms with E-state index in [1.807, 2.05) is 6.07 Å². The molecule has 0 bridgehead atoms. The second-order valence-corrected chi connectivity index (χ2v) is 7.58. The molecule has 1 aromatic rings. The van der Waals surface area contributed by atoms with Gasteiger partial charge in [0.2, 0.25) is 0 Å². The van der Waals surface area contributed by atoms with Crippen molar-refractivity contribution in [3.05, 3.63) is 28.2 Å². The highest BCUT2D eigenvalue weighted by atomic mass is 35.5. The Morgan fingerprint density at radius 2 is 2.00 bits per heavy atom. The van der Waals surface area contributed by atoms with E-state index in [0.29, 0.717) is 28.7 Å². The van der Waals surface area contributed by atoms with Gasteiger partial charge < -0.3 is 14.4 Å². The van der Waals surface area contributed by atoms with Gasteiger partial charge in [-0.15, -0.1) is 0 Å². The van der Waals surface area contributed by atoms with E-state index in [4.69, 9.17) is 32.7 Å². The zero-order valence-electron chi connectivity index (χ0n) is 15.5. The number of unbranched alkanes of at least 4 members (excludes halogenated alkanes) is 2. The van der Waals surface area contributed by atoms with Crippen LogP contribution in [-0.2, 0) is 4.74 Å². The van der Waals surface area contributed by atoms with Gasteiger partial charge in [0.25, 0.3) is 0 Å². The summed E-state index contributed by atoms with van der Waals surface area (Å²) in [5.74, 6) is 1.34. The minimum absolute atomic E-state index is 0.317. The summed E-state index contributed by atoms with van der Waals surface area (Å²) in [5.41, 5.74) is 0. The molecule has 0 unspecified atom stereocenters. The lowest BCUT2D eigenvalue weighted by molar-refractivity contribution is -0.0383. The fourth-order valence-corrected chi connectivity index (χ4v) is 3.73. The first kappa shape index (κ1) is 20.8. The van der Waals surface area contributed by atoms with Crippen LogP contribution >= 0.6 is 23.2 Å². The molecule has 142 valence electrons. The van der Waals surface area contributed by atoms with Crippen molar-refractivity contribution in [2.75, 3.05) is 32.8 Å². The molecule has 1 fully saturated rings. The van der Waals surface area contributed by atoms with Crippen molar-refractivity contribution in [3.8, 4) is 5.75 Å². The van der Waals surface area contributed by atoms with Gasteiger partial charge in [-0.2, -0.15) is 0 Å². The Balaban J connectivity index is 1.78. The summed E-state index contributed by atoms with van der Waals surface area (Å²) in [6, 6.07) is 5.42. The van der Waals surface area contributed by atoms with Gasteiger partial charge in [0.1, 0.15) is 5.75 Å². The van der Waals surface area contributed by atoms with Gasteiger partial charge in [0.15, 0.2) is 0 Å².